The molecule has 22 heavy (non-hydrogen) atoms. The van der Waals surface area contributed by atoms with Crippen molar-refractivity contribution in [2.75, 3.05) is 0 Å². The Kier molecular flexibility index (Phi) is 5.58. The molecule has 0 aliphatic carbocycles. The fourth-order valence-corrected chi connectivity index (χ4v) is 2.93. The molecule has 2 amide bonds. The van der Waals surface area contributed by atoms with Gasteiger partial charge in [0.05, 0.1) is 6.04 Å². The second-order valence-corrected chi connectivity index (χ2v) is 6.17. The van der Waals surface area contributed by atoms with Gasteiger partial charge in [0.15, 0.2) is 0 Å². The number of carbonyl (C=O) groups is 2. The van der Waals surface area contributed by atoms with E-state index in [9.17, 15) is 9.59 Å². The number of cyclic esters (lactones) is 1. The molecule has 0 N–H and O–H groups in total. The van der Waals surface area contributed by atoms with E-state index in [1.54, 1.807) is 0 Å². The maximum Gasteiger partial charge on any atom is 0.417 e. The molecule has 0 bridgehead atoms. The summed E-state index contributed by atoms with van der Waals surface area (Å²) in [7, 11) is 0. The Morgan fingerprint density at radius 2 is 2.00 bits per heavy atom. The highest BCUT2D eigenvalue weighted by atomic mass is 16.6. The molecule has 0 radical (unpaired) electrons. The number of carbonyl (C=O) groups excluding carboxylic acids is 2. The van der Waals surface area contributed by atoms with Gasteiger partial charge in [0, 0.05) is 6.42 Å². The number of hydrogen-bond acceptors (Lipinski definition) is 3. The molecule has 1 aliphatic rings. The van der Waals surface area contributed by atoms with Crippen LogP contribution in [-0.2, 0) is 9.53 Å². The van der Waals surface area contributed by atoms with Crippen LogP contribution in [0.5, 0.6) is 0 Å². The lowest BCUT2D eigenvalue weighted by atomic mass is 9.99. The van der Waals surface area contributed by atoms with E-state index in [4.69, 9.17) is 4.74 Å². The van der Waals surface area contributed by atoms with Gasteiger partial charge in [-0.25, -0.2) is 9.69 Å². The number of ether oxygens (including phenoxy) is 1. The van der Waals surface area contributed by atoms with Crippen LogP contribution in [0.1, 0.15) is 58.1 Å². The first kappa shape index (κ1) is 16.5. The molecule has 0 saturated carbocycles. The zero-order valence-electron chi connectivity index (χ0n) is 13.6. The summed E-state index contributed by atoms with van der Waals surface area (Å²) in [5, 5.41) is 0. The van der Waals surface area contributed by atoms with Crippen LogP contribution in [0.2, 0.25) is 0 Å². The summed E-state index contributed by atoms with van der Waals surface area (Å²) in [6, 6.07) is 9.32. The van der Waals surface area contributed by atoms with Crippen molar-refractivity contribution in [3.63, 3.8) is 0 Å². The topological polar surface area (TPSA) is 46.6 Å². The molecule has 1 heterocycles. The summed E-state index contributed by atoms with van der Waals surface area (Å²) in [6.07, 6.45) is 2.76. The Morgan fingerprint density at radius 1 is 1.32 bits per heavy atom. The summed E-state index contributed by atoms with van der Waals surface area (Å²) in [6.45, 7) is 6.07. The van der Waals surface area contributed by atoms with E-state index in [0.29, 0.717) is 12.3 Å². The van der Waals surface area contributed by atoms with Gasteiger partial charge in [-0.3, -0.25) is 4.79 Å². The quantitative estimate of drug-likeness (QED) is 0.786. The fraction of sp³-hybridized carbons (Fsp3) is 0.556. The Morgan fingerprint density at radius 3 is 2.64 bits per heavy atom. The van der Waals surface area contributed by atoms with Crippen LogP contribution >= 0.6 is 0 Å². The second-order valence-electron chi connectivity index (χ2n) is 6.17. The lowest BCUT2D eigenvalue weighted by Gasteiger charge is -2.21. The van der Waals surface area contributed by atoms with Crippen molar-refractivity contribution in [1.29, 1.82) is 0 Å². The van der Waals surface area contributed by atoms with Gasteiger partial charge in [0.1, 0.15) is 6.10 Å². The molecular formula is C18H25NO3. The first-order chi connectivity index (χ1) is 10.5. The molecule has 0 spiro atoms. The summed E-state index contributed by atoms with van der Waals surface area (Å²) in [5.41, 5.74) is 0.928. The number of amides is 2. The third-order valence-corrected chi connectivity index (χ3v) is 4.24. The Balaban J connectivity index is 2.02. The van der Waals surface area contributed by atoms with Crippen molar-refractivity contribution >= 4 is 12.0 Å². The van der Waals surface area contributed by atoms with Gasteiger partial charge in [-0.15, -0.1) is 0 Å². The molecule has 1 unspecified atom stereocenters. The third-order valence-electron chi connectivity index (χ3n) is 4.24. The van der Waals surface area contributed by atoms with Gasteiger partial charge >= 0.3 is 6.09 Å². The van der Waals surface area contributed by atoms with Gasteiger partial charge in [-0.05, 0) is 18.4 Å². The predicted molar refractivity (Wildman–Crippen MR) is 85.3 cm³/mol. The number of unbranched alkanes of at least 4 members (excludes halogenated alkanes) is 1. The normalized spacial score (nSPS) is 22.5. The highest BCUT2D eigenvalue weighted by Crippen LogP contribution is 2.33. The zero-order chi connectivity index (χ0) is 16.1. The zero-order valence-corrected chi connectivity index (χ0v) is 13.6. The minimum Gasteiger partial charge on any atom is -0.439 e. The lowest BCUT2D eigenvalue weighted by molar-refractivity contribution is -0.130. The van der Waals surface area contributed by atoms with E-state index in [0.717, 1.165) is 24.8 Å². The van der Waals surface area contributed by atoms with Crippen molar-refractivity contribution in [1.82, 2.24) is 4.90 Å². The van der Waals surface area contributed by atoms with E-state index < -0.39 is 6.09 Å². The van der Waals surface area contributed by atoms with Gasteiger partial charge in [-0.1, -0.05) is 63.4 Å². The molecule has 1 saturated heterocycles. The monoisotopic (exact) mass is 303 g/mol. The number of benzene rings is 1. The van der Waals surface area contributed by atoms with E-state index in [-0.39, 0.29) is 18.1 Å². The Bertz CT molecular complexity index is 514. The largest absolute Gasteiger partial charge is 0.439 e. The van der Waals surface area contributed by atoms with Crippen LogP contribution in [-0.4, -0.2) is 22.9 Å². The SMILES string of the molecule is CCCCC(C)CC(=O)N1C(=O)O[C@@H](c2ccccc2)[C@H]1C. The Labute approximate surface area is 132 Å². The molecular weight excluding hydrogens is 278 g/mol. The van der Waals surface area contributed by atoms with Crippen molar-refractivity contribution < 1.29 is 14.3 Å². The maximum absolute atomic E-state index is 12.4. The van der Waals surface area contributed by atoms with Crippen molar-refractivity contribution in [2.24, 2.45) is 5.92 Å². The van der Waals surface area contributed by atoms with Crippen LogP contribution < -0.4 is 0 Å². The Hall–Kier alpha value is -1.84. The summed E-state index contributed by atoms with van der Waals surface area (Å²) in [5.74, 6) is 0.169. The molecule has 1 aromatic rings. The van der Waals surface area contributed by atoms with E-state index in [1.807, 2.05) is 37.3 Å². The molecule has 2 rings (SSSR count). The van der Waals surface area contributed by atoms with Crippen LogP contribution in [0.3, 0.4) is 0 Å². The van der Waals surface area contributed by atoms with Gasteiger partial charge in [-0.2, -0.15) is 0 Å². The second kappa shape index (κ2) is 7.43. The molecule has 4 nitrogen and oxygen atoms in total. The smallest absolute Gasteiger partial charge is 0.417 e. The van der Waals surface area contributed by atoms with Gasteiger partial charge in [0.25, 0.3) is 0 Å². The standard InChI is InChI=1S/C18H25NO3/c1-4-5-9-13(2)12-16(20)19-14(3)17(22-18(19)21)15-10-7-6-8-11-15/h6-8,10-11,13-14,17H,4-5,9,12H2,1-3H3/t13?,14-,17-/m1/s1. The number of imide groups is 1. The third kappa shape index (κ3) is 3.67. The average Bonchev–Trinajstić information content (AvgIpc) is 2.81. The van der Waals surface area contributed by atoms with Crippen LogP contribution in [0, 0.1) is 5.92 Å². The van der Waals surface area contributed by atoms with Crippen molar-refractivity contribution in [2.45, 2.75) is 58.6 Å². The van der Waals surface area contributed by atoms with Crippen LogP contribution in [0.25, 0.3) is 0 Å². The maximum atomic E-state index is 12.4. The first-order valence-electron chi connectivity index (χ1n) is 8.12. The molecule has 120 valence electrons. The fourth-order valence-electron chi connectivity index (χ4n) is 2.93. The minimum absolute atomic E-state index is 0.125. The van der Waals surface area contributed by atoms with Gasteiger partial charge in [0.2, 0.25) is 5.91 Å². The molecule has 3 atom stereocenters. The highest BCUT2D eigenvalue weighted by Gasteiger charge is 2.43. The predicted octanol–water partition coefficient (Wildman–Crippen LogP) is 4.31. The highest BCUT2D eigenvalue weighted by molar-refractivity contribution is 5.93. The van der Waals surface area contributed by atoms with E-state index in [2.05, 4.69) is 13.8 Å². The average molecular weight is 303 g/mol. The molecule has 1 fully saturated rings. The number of hydrogen-bond donors (Lipinski definition) is 0. The number of rotatable bonds is 6. The van der Waals surface area contributed by atoms with E-state index >= 15 is 0 Å². The molecule has 0 aromatic heterocycles. The lowest BCUT2D eigenvalue weighted by Crippen LogP contribution is -2.38. The first-order valence-corrected chi connectivity index (χ1v) is 8.12. The van der Waals surface area contributed by atoms with Crippen molar-refractivity contribution in [3.8, 4) is 0 Å². The van der Waals surface area contributed by atoms with E-state index in [1.165, 1.54) is 4.90 Å². The number of nitrogens with zero attached hydrogens (tertiary/aromatic N) is 1. The molecule has 4 heteroatoms. The van der Waals surface area contributed by atoms with Crippen molar-refractivity contribution in [3.05, 3.63) is 35.9 Å². The summed E-state index contributed by atoms with van der Waals surface area (Å²) in [4.78, 5) is 25.8. The van der Waals surface area contributed by atoms with Crippen LogP contribution in [0.4, 0.5) is 4.79 Å². The molecule has 1 aliphatic heterocycles. The summed E-state index contributed by atoms with van der Waals surface area (Å²) >= 11 is 0. The van der Waals surface area contributed by atoms with Crippen LogP contribution in [0.15, 0.2) is 30.3 Å². The van der Waals surface area contributed by atoms with Gasteiger partial charge < -0.3 is 4.74 Å². The summed E-state index contributed by atoms with van der Waals surface area (Å²) < 4.78 is 5.42. The minimum atomic E-state index is -0.519. The molecule has 1 aromatic carbocycles.